The molecule has 0 saturated heterocycles. The summed E-state index contributed by atoms with van der Waals surface area (Å²) in [5, 5.41) is 12.3. The summed E-state index contributed by atoms with van der Waals surface area (Å²) in [7, 11) is 0. The second kappa shape index (κ2) is 7.93. The van der Waals surface area contributed by atoms with Crippen LogP contribution in [0.25, 0.3) is 11.4 Å². The number of hydrogen-bond donors (Lipinski definition) is 2. The minimum absolute atomic E-state index is 0.00400. The third-order valence-electron chi connectivity index (χ3n) is 4.10. The first-order valence-electron chi connectivity index (χ1n) is 8.45. The Hall–Kier alpha value is -2.99. The number of ether oxygens (including phenoxy) is 1. The highest BCUT2D eigenvalue weighted by atomic mass is 16.5. The van der Waals surface area contributed by atoms with E-state index in [1.807, 2.05) is 51.1 Å². The quantitative estimate of drug-likeness (QED) is 0.707. The van der Waals surface area contributed by atoms with Crippen molar-refractivity contribution in [2.24, 2.45) is 0 Å². The van der Waals surface area contributed by atoms with Gasteiger partial charge in [-0.1, -0.05) is 0 Å². The first-order valence-corrected chi connectivity index (χ1v) is 8.45. The van der Waals surface area contributed by atoms with Gasteiger partial charge in [-0.2, -0.15) is 0 Å². The summed E-state index contributed by atoms with van der Waals surface area (Å²) in [4.78, 5) is 13.4. The van der Waals surface area contributed by atoms with E-state index < -0.39 is 0 Å². The average Bonchev–Trinajstić information content (AvgIpc) is 2.65. The van der Waals surface area contributed by atoms with Gasteiger partial charge in [-0.15, -0.1) is 0 Å². The summed E-state index contributed by atoms with van der Waals surface area (Å²) in [6, 6.07) is 9.63. The molecule has 0 aliphatic heterocycles. The summed E-state index contributed by atoms with van der Waals surface area (Å²) in [6.45, 7) is 6.22. The Kier molecular flexibility index (Phi) is 5.43. The highest BCUT2D eigenvalue weighted by Gasteiger charge is 2.11. The number of benzene rings is 1. The predicted molar refractivity (Wildman–Crippen MR) is 102 cm³/mol. The number of anilines is 2. The molecular formula is C20H22N4O2. The van der Waals surface area contributed by atoms with E-state index >= 15 is 0 Å². The van der Waals surface area contributed by atoms with Crippen LogP contribution in [0.3, 0.4) is 0 Å². The smallest absolute Gasteiger partial charge is 0.163 e. The number of rotatable bonds is 6. The zero-order chi connectivity index (χ0) is 18.5. The Morgan fingerprint density at radius 2 is 1.96 bits per heavy atom. The number of aromatic nitrogens is 3. The van der Waals surface area contributed by atoms with Gasteiger partial charge in [0.05, 0.1) is 6.61 Å². The fourth-order valence-corrected chi connectivity index (χ4v) is 2.56. The van der Waals surface area contributed by atoms with Gasteiger partial charge in [0.2, 0.25) is 0 Å². The Balaban J connectivity index is 1.90. The van der Waals surface area contributed by atoms with Crippen molar-refractivity contribution in [2.45, 2.75) is 20.8 Å². The molecule has 0 saturated carbocycles. The molecule has 6 nitrogen and oxygen atoms in total. The topological polar surface area (TPSA) is 80.2 Å². The van der Waals surface area contributed by atoms with Crippen molar-refractivity contribution >= 4 is 11.5 Å². The molecular weight excluding hydrogens is 328 g/mol. The van der Waals surface area contributed by atoms with Crippen LogP contribution in [0.5, 0.6) is 5.75 Å². The Morgan fingerprint density at radius 3 is 2.65 bits per heavy atom. The van der Waals surface area contributed by atoms with Crippen molar-refractivity contribution < 1.29 is 9.84 Å². The molecule has 1 aromatic carbocycles. The van der Waals surface area contributed by atoms with Crippen molar-refractivity contribution in [2.75, 3.05) is 18.5 Å². The number of aliphatic hydroxyl groups is 1. The van der Waals surface area contributed by atoms with Crippen LogP contribution in [-0.2, 0) is 0 Å². The monoisotopic (exact) mass is 350 g/mol. The fourth-order valence-electron chi connectivity index (χ4n) is 2.56. The van der Waals surface area contributed by atoms with Gasteiger partial charge < -0.3 is 15.2 Å². The summed E-state index contributed by atoms with van der Waals surface area (Å²) < 4.78 is 5.50. The van der Waals surface area contributed by atoms with Crippen LogP contribution in [0.4, 0.5) is 11.5 Å². The number of nitrogens with zero attached hydrogens (tertiary/aromatic N) is 3. The Morgan fingerprint density at radius 1 is 1.12 bits per heavy atom. The Bertz CT molecular complexity index is 898. The second-order valence-electron chi connectivity index (χ2n) is 6.03. The van der Waals surface area contributed by atoms with Gasteiger partial charge >= 0.3 is 0 Å². The largest absolute Gasteiger partial charge is 0.491 e. The van der Waals surface area contributed by atoms with Crippen LogP contribution in [-0.4, -0.2) is 33.3 Å². The summed E-state index contributed by atoms with van der Waals surface area (Å²) in [6.07, 6.45) is 3.48. The normalized spacial score (nSPS) is 10.6. The lowest BCUT2D eigenvalue weighted by Gasteiger charge is -2.14. The van der Waals surface area contributed by atoms with Crippen molar-refractivity contribution in [1.29, 1.82) is 0 Å². The molecule has 26 heavy (non-hydrogen) atoms. The van der Waals surface area contributed by atoms with Gasteiger partial charge in [0, 0.05) is 34.9 Å². The molecule has 6 heteroatoms. The molecule has 0 radical (unpaired) electrons. The third kappa shape index (κ3) is 3.97. The van der Waals surface area contributed by atoms with Gasteiger partial charge in [-0.05, 0) is 56.7 Å². The average molecular weight is 350 g/mol. The SMILES string of the molecule is Cc1cc(Nc2nc(-c3cccnc3)nc(C)c2C)ccc1OCCO. The van der Waals surface area contributed by atoms with Gasteiger partial charge in [0.25, 0.3) is 0 Å². The molecule has 0 atom stereocenters. The molecule has 0 amide bonds. The van der Waals surface area contributed by atoms with E-state index in [-0.39, 0.29) is 13.2 Å². The number of nitrogens with one attached hydrogen (secondary N) is 1. The molecule has 0 aliphatic carbocycles. The molecule has 0 bridgehead atoms. The van der Waals surface area contributed by atoms with E-state index in [4.69, 9.17) is 9.84 Å². The van der Waals surface area contributed by atoms with Gasteiger partial charge in [-0.3, -0.25) is 4.98 Å². The fraction of sp³-hybridized carbons (Fsp3) is 0.250. The van der Waals surface area contributed by atoms with Crippen LogP contribution < -0.4 is 10.1 Å². The van der Waals surface area contributed by atoms with E-state index in [9.17, 15) is 0 Å². The lowest BCUT2D eigenvalue weighted by Crippen LogP contribution is -2.05. The molecule has 0 unspecified atom stereocenters. The molecule has 134 valence electrons. The number of aliphatic hydroxyl groups excluding tert-OH is 1. The number of hydrogen-bond acceptors (Lipinski definition) is 6. The van der Waals surface area contributed by atoms with E-state index in [0.717, 1.165) is 39.6 Å². The van der Waals surface area contributed by atoms with Gasteiger partial charge in [-0.25, -0.2) is 9.97 Å². The first-order chi connectivity index (χ1) is 12.6. The van der Waals surface area contributed by atoms with Crippen LogP contribution in [0, 0.1) is 20.8 Å². The van der Waals surface area contributed by atoms with E-state index in [2.05, 4.69) is 20.3 Å². The van der Waals surface area contributed by atoms with Crippen LogP contribution in [0.1, 0.15) is 16.8 Å². The molecule has 2 aromatic heterocycles. The van der Waals surface area contributed by atoms with Crippen molar-refractivity contribution in [3.63, 3.8) is 0 Å². The number of aryl methyl sites for hydroxylation is 2. The van der Waals surface area contributed by atoms with Gasteiger partial charge in [0.15, 0.2) is 5.82 Å². The number of pyridine rings is 1. The predicted octanol–water partition coefficient (Wildman–Crippen LogP) is 3.58. The third-order valence-corrected chi connectivity index (χ3v) is 4.10. The summed E-state index contributed by atoms with van der Waals surface area (Å²) in [5.74, 6) is 2.17. The second-order valence-corrected chi connectivity index (χ2v) is 6.03. The van der Waals surface area contributed by atoms with Crippen LogP contribution in [0.2, 0.25) is 0 Å². The molecule has 0 spiro atoms. The van der Waals surface area contributed by atoms with Crippen LogP contribution >= 0.6 is 0 Å². The van der Waals surface area contributed by atoms with Crippen molar-refractivity contribution in [1.82, 2.24) is 15.0 Å². The van der Waals surface area contributed by atoms with E-state index in [1.165, 1.54) is 0 Å². The Labute approximate surface area is 152 Å². The van der Waals surface area contributed by atoms with Crippen molar-refractivity contribution in [3.8, 4) is 17.1 Å². The highest BCUT2D eigenvalue weighted by Crippen LogP contribution is 2.27. The standard InChI is InChI=1S/C20H22N4O2/c1-13-11-17(6-7-18(13)26-10-9-25)23-19-14(2)15(3)22-20(24-19)16-5-4-8-21-12-16/h4-8,11-12,25H,9-10H2,1-3H3,(H,22,23,24). The maximum Gasteiger partial charge on any atom is 0.163 e. The first kappa shape index (κ1) is 17.8. The molecule has 0 fully saturated rings. The lowest BCUT2D eigenvalue weighted by molar-refractivity contribution is 0.200. The summed E-state index contributed by atoms with van der Waals surface area (Å²) >= 11 is 0. The molecule has 2 N–H and O–H groups in total. The zero-order valence-corrected chi connectivity index (χ0v) is 15.2. The molecule has 3 aromatic rings. The lowest BCUT2D eigenvalue weighted by atomic mass is 10.1. The van der Waals surface area contributed by atoms with Gasteiger partial charge in [0.1, 0.15) is 18.2 Å². The maximum atomic E-state index is 8.89. The molecule has 2 heterocycles. The maximum absolute atomic E-state index is 8.89. The molecule has 3 rings (SSSR count). The minimum atomic E-state index is -0.00400. The van der Waals surface area contributed by atoms with E-state index in [0.29, 0.717) is 5.82 Å². The highest BCUT2D eigenvalue weighted by molar-refractivity contribution is 5.65. The minimum Gasteiger partial charge on any atom is -0.491 e. The molecule has 0 aliphatic rings. The van der Waals surface area contributed by atoms with Crippen molar-refractivity contribution in [3.05, 3.63) is 59.5 Å². The summed E-state index contributed by atoms with van der Waals surface area (Å²) in [5.41, 5.74) is 4.69. The van der Waals surface area contributed by atoms with Crippen LogP contribution in [0.15, 0.2) is 42.7 Å². The van der Waals surface area contributed by atoms with E-state index in [1.54, 1.807) is 12.4 Å². The zero-order valence-electron chi connectivity index (χ0n) is 15.2.